The Morgan fingerprint density at radius 2 is 1.34 bits per heavy atom. The second-order valence-corrected chi connectivity index (χ2v) is 9.15. The van der Waals surface area contributed by atoms with E-state index in [1.54, 1.807) is 11.8 Å². The highest BCUT2D eigenvalue weighted by Gasteiger charge is 2.26. The number of amides is 3. The Hall–Kier alpha value is -1.11. The average Bonchev–Trinajstić information content (AvgIpc) is 2.69. The van der Waals surface area contributed by atoms with Crippen molar-refractivity contribution < 1.29 is 24.3 Å². The second kappa shape index (κ2) is 16.7. The van der Waals surface area contributed by atoms with Gasteiger partial charge >= 0.3 is 5.97 Å². The van der Waals surface area contributed by atoms with Crippen LogP contribution in [0.3, 0.4) is 0 Å². The normalized spacial score (nSPS) is 13.8. The van der Waals surface area contributed by atoms with Crippen LogP contribution in [0.4, 0.5) is 0 Å². The number of carbonyl (C=O) groups excluding carboxylic acids is 3. The van der Waals surface area contributed by atoms with E-state index in [0.717, 1.165) is 5.75 Å². The van der Waals surface area contributed by atoms with Crippen molar-refractivity contribution in [2.75, 3.05) is 42.6 Å². The Balaban J connectivity index is 4.75. The molecule has 12 heteroatoms. The molecule has 0 aromatic heterocycles. The highest BCUT2D eigenvalue weighted by molar-refractivity contribution is 7.98. The average molecular weight is 469 g/mol. The van der Waals surface area contributed by atoms with Gasteiger partial charge in [-0.2, -0.15) is 35.3 Å². The maximum Gasteiger partial charge on any atom is 0.326 e. The molecule has 0 saturated heterocycles. The van der Waals surface area contributed by atoms with Crippen LogP contribution in [0.1, 0.15) is 19.3 Å². The summed E-state index contributed by atoms with van der Waals surface area (Å²) in [4.78, 5) is 47.9. The first-order chi connectivity index (χ1) is 13.8. The van der Waals surface area contributed by atoms with Crippen molar-refractivity contribution in [1.29, 1.82) is 0 Å². The van der Waals surface area contributed by atoms with Crippen molar-refractivity contribution in [3.63, 3.8) is 0 Å². The van der Waals surface area contributed by atoms with Gasteiger partial charge in [-0.1, -0.05) is 0 Å². The summed E-state index contributed by atoms with van der Waals surface area (Å²) >= 11 is 4.56. The molecule has 3 unspecified atom stereocenters. The summed E-state index contributed by atoms with van der Waals surface area (Å²) < 4.78 is 0. The monoisotopic (exact) mass is 468 g/mol. The highest BCUT2D eigenvalue weighted by atomic mass is 32.2. The quantitative estimate of drug-likeness (QED) is 0.206. The lowest BCUT2D eigenvalue weighted by molar-refractivity contribution is -0.142. The number of thioether (sulfide) groups is 3. The van der Waals surface area contributed by atoms with E-state index in [9.17, 15) is 24.3 Å². The molecule has 29 heavy (non-hydrogen) atoms. The van der Waals surface area contributed by atoms with Gasteiger partial charge in [0.25, 0.3) is 0 Å². The number of carboxylic acids is 1. The van der Waals surface area contributed by atoms with Gasteiger partial charge < -0.3 is 26.8 Å². The van der Waals surface area contributed by atoms with Crippen LogP contribution in [-0.4, -0.2) is 89.5 Å². The number of carboxylic acid groups (broad SMARTS) is 1. The molecule has 0 aliphatic carbocycles. The summed E-state index contributed by atoms with van der Waals surface area (Å²) in [7, 11) is 0. The predicted octanol–water partition coefficient (Wildman–Crippen LogP) is -0.257. The molecule has 0 fully saturated rings. The van der Waals surface area contributed by atoms with Gasteiger partial charge in [0.1, 0.15) is 12.1 Å². The van der Waals surface area contributed by atoms with Crippen molar-refractivity contribution in [3.05, 3.63) is 0 Å². The molecule has 168 valence electrons. The first-order valence-corrected chi connectivity index (χ1v) is 13.3. The van der Waals surface area contributed by atoms with Gasteiger partial charge in [0.2, 0.25) is 17.7 Å². The Morgan fingerprint density at radius 1 is 0.828 bits per heavy atom. The van der Waals surface area contributed by atoms with Crippen LogP contribution in [0.25, 0.3) is 0 Å². The summed E-state index contributed by atoms with van der Waals surface area (Å²) in [6.07, 6.45) is 6.76. The molecule has 0 aliphatic rings. The van der Waals surface area contributed by atoms with Gasteiger partial charge in [0.05, 0.1) is 12.6 Å². The molecular weight excluding hydrogens is 436 g/mol. The SMILES string of the molecule is CSCCC(N)C(=O)NCC(=O)NC(CCSC)C(=O)NC(CCSC)C(=O)O. The molecule has 0 aliphatic heterocycles. The van der Waals surface area contributed by atoms with E-state index in [4.69, 9.17) is 5.73 Å². The van der Waals surface area contributed by atoms with E-state index >= 15 is 0 Å². The zero-order valence-electron chi connectivity index (χ0n) is 17.1. The lowest BCUT2D eigenvalue weighted by Crippen LogP contribution is -2.54. The maximum atomic E-state index is 12.5. The predicted molar refractivity (Wildman–Crippen MR) is 121 cm³/mol. The molecule has 0 aromatic rings. The first kappa shape index (κ1) is 27.9. The summed E-state index contributed by atoms with van der Waals surface area (Å²) in [5.41, 5.74) is 5.75. The van der Waals surface area contributed by atoms with E-state index < -0.39 is 41.8 Å². The summed E-state index contributed by atoms with van der Waals surface area (Å²) in [6.45, 7) is -0.302. The fraction of sp³-hybridized carbons (Fsp3) is 0.765. The molecular formula is C17H32N4O5S3. The van der Waals surface area contributed by atoms with E-state index in [1.165, 1.54) is 23.5 Å². The van der Waals surface area contributed by atoms with Crippen LogP contribution in [0, 0.1) is 0 Å². The van der Waals surface area contributed by atoms with Gasteiger partial charge in [-0.05, 0) is 55.3 Å². The minimum Gasteiger partial charge on any atom is -0.480 e. The Morgan fingerprint density at radius 3 is 1.86 bits per heavy atom. The number of nitrogens with two attached hydrogens (primary N) is 1. The second-order valence-electron chi connectivity index (χ2n) is 6.19. The van der Waals surface area contributed by atoms with Crippen molar-refractivity contribution in [3.8, 4) is 0 Å². The van der Waals surface area contributed by atoms with E-state index in [0.29, 0.717) is 24.3 Å². The maximum absolute atomic E-state index is 12.5. The summed E-state index contributed by atoms with van der Waals surface area (Å²) in [6, 6.07) is -2.59. The van der Waals surface area contributed by atoms with Crippen molar-refractivity contribution in [2.24, 2.45) is 5.73 Å². The van der Waals surface area contributed by atoms with Crippen molar-refractivity contribution >= 4 is 59.0 Å². The Bertz CT molecular complexity index is 539. The van der Waals surface area contributed by atoms with Crippen LogP contribution < -0.4 is 21.7 Å². The molecule has 9 nitrogen and oxygen atoms in total. The van der Waals surface area contributed by atoms with Crippen LogP contribution >= 0.6 is 35.3 Å². The lowest BCUT2D eigenvalue weighted by Gasteiger charge is -2.21. The molecule has 0 aromatic carbocycles. The number of carbonyl (C=O) groups is 4. The van der Waals surface area contributed by atoms with Gasteiger partial charge in [-0.25, -0.2) is 4.79 Å². The zero-order valence-corrected chi connectivity index (χ0v) is 19.5. The molecule has 0 bridgehead atoms. The van der Waals surface area contributed by atoms with Gasteiger partial charge in [-0.3, -0.25) is 14.4 Å². The minimum atomic E-state index is -1.12. The minimum absolute atomic E-state index is 0.287. The molecule has 0 heterocycles. The third-order valence-electron chi connectivity index (χ3n) is 3.88. The number of rotatable bonds is 16. The molecule has 0 spiro atoms. The van der Waals surface area contributed by atoms with E-state index in [1.807, 2.05) is 18.8 Å². The standard InChI is InChI=1S/C17H32N4O5S3/c1-27-7-4-11(18)15(23)19-10-14(22)20-12(5-8-28-2)16(24)21-13(17(25)26)6-9-29-3/h11-13H,4-10,18H2,1-3H3,(H,19,23)(H,20,22)(H,21,24)(H,25,26). The fourth-order valence-corrected chi connectivity index (χ4v) is 3.62. The number of nitrogens with one attached hydrogen (secondary N) is 3. The highest BCUT2D eigenvalue weighted by Crippen LogP contribution is 2.05. The van der Waals surface area contributed by atoms with Crippen molar-refractivity contribution in [2.45, 2.75) is 37.4 Å². The summed E-state index contributed by atoms with van der Waals surface area (Å²) in [5.74, 6) is -0.707. The van der Waals surface area contributed by atoms with Crippen molar-refractivity contribution in [1.82, 2.24) is 16.0 Å². The number of hydrogen-bond acceptors (Lipinski definition) is 8. The van der Waals surface area contributed by atoms with Gasteiger partial charge in [0, 0.05) is 0 Å². The Labute approximate surface area is 184 Å². The third kappa shape index (κ3) is 12.9. The van der Waals surface area contributed by atoms with Crippen LogP contribution in [0.15, 0.2) is 0 Å². The first-order valence-electron chi connectivity index (χ1n) is 9.09. The molecule has 0 radical (unpaired) electrons. The zero-order chi connectivity index (χ0) is 22.2. The topological polar surface area (TPSA) is 151 Å². The molecule has 0 saturated carbocycles. The van der Waals surface area contributed by atoms with Crippen LogP contribution in [0.5, 0.6) is 0 Å². The van der Waals surface area contributed by atoms with Crippen LogP contribution in [-0.2, 0) is 19.2 Å². The lowest BCUT2D eigenvalue weighted by atomic mass is 10.1. The molecule has 6 N–H and O–H groups in total. The number of aliphatic carboxylic acids is 1. The Kier molecular flexibility index (Phi) is 16.0. The van der Waals surface area contributed by atoms with Crippen LogP contribution in [0.2, 0.25) is 0 Å². The summed E-state index contributed by atoms with van der Waals surface area (Å²) in [5, 5.41) is 16.8. The van der Waals surface area contributed by atoms with Gasteiger partial charge in [0.15, 0.2) is 0 Å². The third-order valence-corrected chi connectivity index (χ3v) is 5.81. The molecule has 3 atom stereocenters. The molecule has 0 rings (SSSR count). The van der Waals surface area contributed by atoms with E-state index in [-0.39, 0.29) is 13.0 Å². The molecule has 3 amide bonds. The largest absolute Gasteiger partial charge is 0.480 e. The number of hydrogen-bond donors (Lipinski definition) is 5. The van der Waals surface area contributed by atoms with E-state index in [2.05, 4.69) is 16.0 Å². The smallest absolute Gasteiger partial charge is 0.326 e. The van der Waals surface area contributed by atoms with Gasteiger partial charge in [-0.15, -0.1) is 0 Å². The fourth-order valence-electron chi connectivity index (χ4n) is 2.19.